The molecule has 2 aliphatic heterocycles. The Kier molecular flexibility index (Phi) is 4.36. The van der Waals surface area contributed by atoms with Gasteiger partial charge >= 0.3 is 0 Å². The summed E-state index contributed by atoms with van der Waals surface area (Å²) in [6.07, 6.45) is 1.74. The zero-order valence-corrected chi connectivity index (χ0v) is 15.4. The fraction of sp³-hybridized carbons (Fsp3) is 0.350. The van der Waals surface area contributed by atoms with Gasteiger partial charge in [-0.15, -0.1) is 11.3 Å². The van der Waals surface area contributed by atoms with Crippen LogP contribution in [0.5, 0.6) is 0 Å². The molecule has 4 rings (SSSR count). The predicted octanol–water partition coefficient (Wildman–Crippen LogP) is 3.27. The van der Waals surface area contributed by atoms with Crippen LogP contribution in [0.4, 0.5) is 0 Å². The monoisotopic (exact) mass is 368 g/mol. The predicted molar refractivity (Wildman–Crippen MR) is 99.2 cm³/mol. The number of carbonyl (C=O) groups excluding carboxylic acids is 3. The number of amides is 3. The Morgan fingerprint density at radius 2 is 1.85 bits per heavy atom. The normalized spacial score (nSPS) is 18.9. The van der Waals surface area contributed by atoms with Gasteiger partial charge in [-0.2, -0.15) is 0 Å². The van der Waals surface area contributed by atoms with E-state index in [4.69, 9.17) is 0 Å². The van der Waals surface area contributed by atoms with E-state index < -0.39 is 0 Å². The van der Waals surface area contributed by atoms with Crippen molar-refractivity contribution in [2.24, 2.45) is 0 Å². The Morgan fingerprint density at radius 3 is 2.54 bits per heavy atom. The number of imide groups is 1. The number of rotatable bonds is 4. The standard InChI is InChI=1S/C20H20N2O3S/c1-13-14-9-12-26-17(14)8-11-21(13)18(23)7-4-10-22-19(24)15-5-2-3-6-16(15)20(22)25/h2-3,5-6,9,12-13H,4,7-8,10-11H2,1H3/t13-/m1/s1. The molecule has 2 aromatic rings. The maximum absolute atomic E-state index is 12.6. The maximum Gasteiger partial charge on any atom is 0.261 e. The van der Waals surface area contributed by atoms with Gasteiger partial charge in [0, 0.05) is 24.4 Å². The highest BCUT2D eigenvalue weighted by Gasteiger charge is 2.35. The summed E-state index contributed by atoms with van der Waals surface area (Å²) in [6.45, 7) is 3.08. The highest BCUT2D eigenvalue weighted by Crippen LogP contribution is 2.33. The molecule has 134 valence electrons. The molecule has 2 aliphatic rings. The van der Waals surface area contributed by atoms with Crippen LogP contribution in [-0.4, -0.2) is 40.6 Å². The van der Waals surface area contributed by atoms with Crippen LogP contribution in [0.15, 0.2) is 35.7 Å². The summed E-state index contributed by atoms with van der Waals surface area (Å²) in [5.74, 6) is -0.425. The largest absolute Gasteiger partial charge is 0.336 e. The topological polar surface area (TPSA) is 57.7 Å². The first-order valence-corrected chi connectivity index (χ1v) is 9.77. The molecule has 0 saturated carbocycles. The Labute approximate surface area is 156 Å². The number of nitrogens with zero attached hydrogens (tertiary/aromatic N) is 2. The van der Waals surface area contributed by atoms with Gasteiger partial charge in [0.1, 0.15) is 0 Å². The van der Waals surface area contributed by atoms with Crippen molar-refractivity contribution >= 4 is 29.1 Å². The average molecular weight is 368 g/mol. The number of benzene rings is 1. The Hall–Kier alpha value is -2.47. The molecule has 0 saturated heterocycles. The van der Waals surface area contributed by atoms with E-state index in [1.165, 1.54) is 15.3 Å². The molecule has 1 atom stereocenters. The summed E-state index contributed by atoms with van der Waals surface area (Å²) < 4.78 is 0. The number of hydrogen-bond donors (Lipinski definition) is 0. The molecule has 3 amide bonds. The van der Waals surface area contributed by atoms with Gasteiger partial charge in [0.15, 0.2) is 0 Å². The van der Waals surface area contributed by atoms with Crippen molar-refractivity contribution < 1.29 is 14.4 Å². The molecule has 0 N–H and O–H groups in total. The summed E-state index contributed by atoms with van der Waals surface area (Å²) in [5, 5.41) is 2.08. The summed E-state index contributed by atoms with van der Waals surface area (Å²) in [4.78, 5) is 41.9. The van der Waals surface area contributed by atoms with E-state index in [1.54, 1.807) is 35.6 Å². The minimum Gasteiger partial charge on any atom is -0.336 e. The number of carbonyl (C=O) groups is 3. The van der Waals surface area contributed by atoms with Crippen LogP contribution in [-0.2, 0) is 11.2 Å². The summed E-state index contributed by atoms with van der Waals surface area (Å²) in [5.41, 5.74) is 2.16. The third-order valence-corrected chi connectivity index (χ3v) is 6.24. The van der Waals surface area contributed by atoms with Crippen molar-refractivity contribution in [3.63, 3.8) is 0 Å². The lowest BCUT2D eigenvalue weighted by atomic mass is 10.0. The van der Waals surface area contributed by atoms with Gasteiger partial charge < -0.3 is 4.90 Å². The zero-order valence-electron chi connectivity index (χ0n) is 14.6. The van der Waals surface area contributed by atoms with Crippen molar-refractivity contribution in [1.82, 2.24) is 9.80 Å². The van der Waals surface area contributed by atoms with E-state index in [0.29, 0.717) is 24.0 Å². The molecule has 0 aliphatic carbocycles. The lowest BCUT2D eigenvalue weighted by Gasteiger charge is -2.34. The molecule has 0 radical (unpaired) electrons. The third-order valence-electron chi connectivity index (χ3n) is 5.25. The van der Waals surface area contributed by atoms with Crippen molar-refractivity contribution in [2.75, 3.05) is 13.1 Å². The van der Waals surface area contributed by atoms with E-state index >= 15 is 0 Å². The van der Waals surface area contributed by atoms with Gasteiger partial charge in [0.25, 0.3) is 11.8 Å². The Bertz CT molecular complexity index is 854. The lowest BCUT2D eigenvalue weighted by molar-refractivity contribution is -0.133. The molecule has 3 heterocycles. The fourth-order valence-corrected chi connectivity index (χ4v) is 4.79. The van der Waals surface area contributed by atoms with Crippen molar-refractivity contribution in [3.05, 3.63) is 57.3 Å². The van der Waals surface area contributed by atoms with E-state index in [2.05, 4.69) is 18.4 Å². The first-order chi connectivity index (χ1) is 12.6. The van der Waals surface area contributed by atoms with Crippen LogP contribution >= 0.6 is 11.3 Å². The molecular weight excluding hydrogens is 348 g/mol. The van der Waals surface area contributed by atoms with Crippen LogP contribution in [0, 0.1) is 0 Å². The SMILES string of the molecule is C[C@@H]1c2ccsc2CCN1C(=O)CCCN1C(=O)c2ccccc2C1=O. The smallest absolute Gasteiger partial charge is 0.261 e. The van der Waals surface area contributed by atoms with Gasteiger partial charge in [-0.25, -0.2) is 0 Å². The molecule has 6 heteroatoms. The van der Waals surface area contributed by atoms with E-state index in [0.717, 1.165) is 13.0 Å². The summed E-state index contributed by atoms with van der Waals surface area (Å²) in [6, 6.07) is 9.06. The molecule has 5 nitrogen and oxygen atoms in total. The summed E-state index contributed by atoms with van der Waals surface area (Å²) in [7, 11) is 0. The number of fused-ring (bicyclic) bond motifs is 2. The van der Waals surface area contributed by atoms with Crippen molar-refractivity contribution in [2.45, 2.75) is 32.2 Å². The van der Waals surface area contributed by atoms with Gasteiger partial charge in [0.05, 0.1) is 17.2 Å². The van der Waals surface area contributed by atoms with Gasteiger partial charge in [-0.3, -0.25) is 19.3 Å². The van der Waals surface area contributed by atoms with E-state index in [-0.39, 0.29) is 30.3 Å². The maximum atomic E-state index is 12.6. The molecule has 0 bridgehead atoms. The first-order valence-electron chi connectivity index (χ1n) is 8.89. The van der Waals surface area contributed by atoms with Crippen molar-refractivity contribution in [1.29, 1.82) is 0 Å². The molecule has 26 heavy (non-hydrogen) atoms. The minimum absolute atomic E-state index is 0.0889. The van der Waals surface area contributed by atoms with Crippen molar-refractivity contribution in [3.8, 4) is 0 Å². The highest BCUT2D eigenvalue weighted by molar-refractivity contribution is 7.10. The second-order valence-electron chi connectivity index (χ2n) is 6.72. The number of hydrogen-bond acceptors (Lipinski definition) is 4. The first kappa shape index (κ1) is 17.0. The van der Waals surface area contributed by atoms with Crippen LogP contribution < -0.4 is 0 Å². The molecule has 0 fully saturated rings. The van der Waals surface area contributed by atoms with E-state index in [9.17, 15) is 14.4 Å². The second kappa shape index (κ2) is 6.68. The van der Waals surface area contributed by atoms with Crippen LogP contribution in [0.25, 0.3) is 0 Å². The zero-order chi connectivity index (χ0) is 18.3. The number of thiophene rings is 1. The van der Waals surface area contributed by atoms with Crippen LogP contribution in [0.2, 0.25) is 0 Å². The molecule has 0 unspecified atom stereocenters. The van der Waals surface area contributed by atoms with E-state index in [1.807, 2.05) is 4.90 Å². The third kappa shape index (κ3) is 2.74. The average Bonchev–Trinajstić information content (AvgIpc) is 3.22. The van der Waals surface area contributed by atoms with Gasteiger partial charge in [-0.05, 0) is 48.9 Å². The fourth-order valence-electron chi connectivity index (χ4n) is 3.82. The van der Waals surface area contributed by atoms with Crippen LogP contribution in [0.3, 0.4) is 0 Å². The molecule has 1 aromatic carbocycles. The minimum atomic E-state index is -0.257. The lowest BCUT2D eigenvalue weighted by Crippen LogP contribution is -2.38. The van der Waals surface area contributed by atoms with Crippen LogP contribution in [0.1, 0.15) is 57.0 Å². The molecule has 0 spiro atoms. The Balaban J connectivity index is 1.35. The van der Waals surface area contributed by atoms with Gasteiger partial charge in [-0.1, -0.05) is 12.1 Å². The van der Waals surface area contributed by atoms with Gasteiger partial charge in [0.2, 0.25) is 5.91 Å². The molecule has 1 aromatic heterocycles. The Morgan fingerprint density at radius 1 is 1.15 bits per heavy atom. The molecular formula is C20H20N2O3S. The highest BCUT2D eigenvalue weighted by atomic mass is 32.1. The quantitative estimate of drug-likeness (QED) is 0.778. The summed E-state index contributed by atoms with van der Waals surface area (Å²) >= 11 is 1.75. The second-order valence-corrected chi connectivity index (χ2v) is 7.72.